The molecule has 0 aliphatic carbocycles. The smallest absolute Gasteiger partial charge is 0.375 e. The van der Waals surface area contributed by atoms with E-state index in [0.717, 1.165) is 5.56 Å². The van der Waals surface area contributed by atoms with Gasteiger partial charge in [-0.25, -0.2) is 4.79 Å². The van der Waals surface area contributed by atoms with Gasteiger partial charge in [0.15, 0.2) is 6.29 Å². The van der Waals surface area contributed by atoms with Crippen LogP contribution in [0.2, 0.25) is 0 Å². The molecule has 118 valence electrons. The number of aliphatic hydroxyl groups excluding tert-OH is 1. The Morgan fingerprint density at radius 2 is 1.77 bits per heavy atom. The molecule has 0 fully saturated rings. The van der Waals surface area contributed by atoms with Crippen LogP contribution in [-0.4, -0.2) is 36.4 Å². The van der Waals surface area contributed by atoms with Crippen LogP contribution in [0, 0.1) is 5.92 Å². The van der Waals surface area contributed by atoms with Crippen molar-refractivity contribution in [3.63, 3.8) is 0 Å². The van der Waals surface area contributed by atoms with Crippen molar-refractivity contribution < 1.29 is 24.2 Å². The van der Waals surface area contributed by atoms with Gasteiger partial charge in [0.25, 0.3) is 0 Å². The van der Waals surface area contributed by atoms with E-state index in [2.05, 4.69) is 13.2 Å². The molecule has 1 aromatic rings. The van der Waals surface area contributed by atoms with Crippen molar-refractivity contribution >= 4 is 11.8 Å². The molecule has 1 rings (SSSR count). The minimum absolute atomic E-state index is 0.0633. The summed E-state index contributed by atoms with van der Waals surface area (Å²) in [5.74, 6) is -2.89. The third kappa shape index (κ3) is 5.63. The van der Waals surface area contributed by atoms with E-state index in [4.69, 9.17) is 9.47 Å². The molecule has 5 nitrogen and oxygen atoms in total. The maximum Gasteiger partial charge on any atom is 0.375 e. The highest BCUT2D eigenvalue weighted by Gasteiger charge is 2.33. The van der Waals surface area contributed by atoms with Gasteiger partial charge in [-0.1, -0.05) is 49.1 Å². The first-order chi connectivity index (χ1) is 10.6. The fraction of sp³-hybridized carbons (Fsp3) is 0.294. The van der Waals surface area contributed by atoms with Gasteiger partial charge < -0.3 is 14.6 Å². The first-order valence-electron chi connectivity index (χ1n) is 6.86. The molecule has 2 unspecified atom stereocenters. The van der Waals surface area contributed by atoms with Crippen LogP contribution in [0.15, 0.2) is 55.6 Å². The second-order valence-corrected chi connectivity index (χ2v) is 4.56. The Morgan fingerprint density at radius 3 is 2.36 bits per heavy atom. The number of carbonyl (C=O) groups is 2. The second kappa shape index (κ2) is 9.65. The van der Waals surface area contributed by atoms with Gasteiger partial charge in [-0.2, -0.15) is 0 Å². The van der Waals surface area contributed by atoms with E-state index in [1.165, 1.54) is 12.2 Å². The molecule has 0 amide bonds. The number of esters is 1. The Kier molecular flexibility index (Phi) is 7.81. The standard InChI is InChI=1S/C17H20O5/c1-3-10-21-16(19)14(12-13-8-6-5-7-9-13)15(18)17(20)22-11-4-2/h3-9,14,16,19H,1-2,10-12H2. The molecule has 0 radical (unpaired) electrons. The Labute approximate surface area is 129 Å². The molecule has 5 heteroatoms. The topological polar surface area (TPSA) is 72.8 Å². The monoisotopic (exact) mass is 304 g/mol. The van der Waals surface area contributed by atoms with Crippen LogP contribution in [-0.2, 0) is 25.5 Å². The first kappa shape index (κ1) is 17.8. The third-order valence-corrected chi connectivity index (χ3v) is 2.90. The van der Waals surface area contributed by atoms with Crippen LogP contribution in [0.4, 0.5) is 0 Å². The molecule has 1 aromatic carbocycles. The number of hydrogen-bond donors (Lipinski definition) is 1. The molecular formula is C17H20O5. The van der Waals surface area contributed by atoms with Crippen LogP contribution in [0.5, 0.6) is 0 Å². The lowest BCUT2D eigenvalue weighted by molar-refractivity contribution is -0.167. The molecule has 2 atom stereocenters. The predicted octanol–water partition coefficient (Wildman–Crippen LogP) is 1.66. The SMILES string of the molecule is C=CCOC(=O)C(=O)C(Cc1ccccc1)C(O)OCC=C. The molecular weight excluding hydrogens is 284 g/mol. The number of Topliss-reactive ketones (excluding diaryl/α,β-unsaturated/α-hetero) is 1. The minimum atomic E-state index is -1.41. The van der Waals surface area contributed by atoms with Crippen molar-refractivity contribution in [2.45, 2.75) is 12.7 Å². The molecule has 0 aliphatic heterocycles. The number of carbonyl (C=O) groups excluding carboxylic acids is 2. The number of rotatable bonds is 10. The average Bonchev–Trinajstić information content (AvgIpc) is 2.55. The molecule has 0 aromatic heterocycles. The van der Waals surface area contributed by atoms with Gasteiger partial charge in [0.05, 0.1) is 12.5 Å². The highest BCUT2D eigenvalue weighted by molar-refractivity contribution is 6.34. The Morgan fingerprint density at radius 1 is 1.14 bits per heavy atom. The van der Waals surface area contributed by atoms with Crippen molar-refractivity contribution in [2.75, 3.05) is 13.2 Å². The van der Waals surface area contributed by atoms with Gasteiger partial charge in [-0.05, 0) is 12.0 Å². The summed E-state index contributed by atoms with van der Waals surface area (Å²) in [6.07, 6.45) is 1.56. The maximum atomic E-state index is 12.2. The van der Waals surface area contributed by atoms with Crippen LogP contribution >= 0.6 is 0 Å². The molecule has 22 heavy (non-hydrogen) atoms. The van der Waals surface area contributed by atoms with Gasteiger partial charge in [-0.3, -0.25) is 4.79 Å². The van der Waals surface area contributed by atoms with E-state index >= 15 is 0 Å². The van der Waals surface area contributed by atoms with E-state index < -0.39 is 24.0 Å². The zero-order chi connectivity index (χ0) is 16.4. The number of ether oxygens (including phenoxy) is 2. The van der Waals surface area contributed by atoms with E-state index in [0.29, 0.717) is 0 Å². The van der Waals surface area contributed by atoms with Gasteiger partial charge >= 0.3 is 5.97 Å². The lowest BCUT2D eigenvalue weighted by Gasteiger charge is -2.20. The summed E-state index contributed by atoms with van der Waals surface area (Å²) >= 11 is 0. The lowest BCUT2D eigenvalue weighted by Crippen LogP contribution is -2.37. The fourth-order valence-corrected chi connectivity index (χ4v) is 1.83. The van der Waals surface area contributed by atoms with Crippen molar-refractivity contribution in [2.24, 2.45) is 5.92 Å². The number of benzene rings is 1. The average molecular weight is 304 g/mol. The summed E-state index contributed by atoms with van der Waals surface area (Å²) in [5, 5.41) is 10.0. The zero-order valence-electron chi connectivity index (χ0n) is 12.3. The van der Waals surface area contributed by atoms with Gasteiger partial charge in [0.1, 0.15) is 6.61 Å². The molecule has 0 saturated carbocycles. The fourth-order valence-electron chi connectivity index (χ4n) is 1.83. The Bertz CT molecular complexity index is 509. The van der Waals surface area contributed by atoms with Crippen molar-refractivity contribution in [1.29, 1.82) is 0 Å². The maximum absolute atomic E-state index is 12.2. The zero-order valence-corrected chi connectivity index (χ0v) is 12.3. The largest absolute Gasteiger partial charge is 0.456 e. The molecule has 1 N–H and O–H groups in total. The molecule has 0 bridgehead atoms. The number of hydrogen-bond acceptors (Lipinski definition) is 5. The van der Waals surface area contributed by atoms with Gasteiger partial charge in [0, 0.05) is 0 Å². The van der Waals surface area contributed by atoms with Crippen LogP contribution in [0.25, 0.3) is 0 Å². The Balaban J connectivity index is 2.84. The van der Waals surface area contributed by atoms with Gasteiger partial charge in [0.2, 0.25) is 5.78 Å². The van der Waals surface area contributed by atoms with Crippen molar-refractivity contribution in [1.82, 2.24) is 0 Å². The highest BCUT2D eigenvalue weighted by Crippen LogP contribution is 2.16. The van der Waals surface area contributed by atoms with Crippen molar-refractivity contribution in [3.8, 4) is 0 Å². The molecule has 0 saturated heterocycles. The summed E-state index contributed by atoms with van der Waals surface area (Å²) in [6, 6.07) is 9.06. The minimum Gasteiger partial charge on any atom is -0.456 e. The first-order valence-corrected chi connectivity index (χ1v) is 6.86. The van der Waals surface area contributed by atoms with Crippen LogP contribution < -0.4 is 0 Å². The van der Waals surface area contributed by atoms with Gasteiger partial charge in [-0.15, -0.1) is 6.58 Å². The Hall–Kier alpha value is -2.24. The highest BCUT2D eigenvalue weighted by atomic mass is 16.6. The number of ketones is 1. The summed E-state index contributed by atoms with van der Waals surface area (Å²) in [6.45, 7) is 6.89. The normalized spacial score (nSPS) is 13.0. The summed E-state index contributed by atoms with van der Waals surface area (Å²) < 4.78 is 9.82. The van der Waals surface area contributed by atoms with Crippen LogP contribution in [0.3, 0.4) is 0 Å². The quantitative estimate of drug-likeness (QED) is 0.308. The lowest BCUT2D eigenvalue weighted by atomic mass is 9.94. The van der Waals surface area contributed by atoms with E-state index in [1.807, 2.05) is 18.2 Å². The number of aliphatic hydroxyl groups is 1. The van der Waals surface area contributed by atoms with Crippen molar-refractivity contribution in [3.05, 3.63) is 61.2 Å². The molecule has 0 heterocycles. The summed E-state index contributed by atoms with van der Waals surface area (Å²) in [4.78, 5) is 23.9. The summed E-state index contributed by atoms with van der Waals surface area (Å²) in [5.41, 5.74) is 0.804. The summed E-state index contributed by atoms with van der Waals surface area (Å²) in [7, 11) is 0. The van der Waals surface area contributed by atoms with E-state index in [1.54, 1.807) is 12.1 Å². The third-order valence-electron chi connectivity index (χ3n) is 2.90. The predicted molar refractivity (Wildman–Crippen MR) is 82.0 cm³/mol. The second-order valence-electron chi connectivity index (χ2n) is 4.56. The van der Waals surface area contributed by atoms with Crippen LogP contribution in [0.1, 0.15) is 5.56 Å². The van der Waals surface area contributed by atoms with E-state index in [9.17, 15) is 14.7 Å². The van der Waals surface area contributed by atoms with E-state index in [-0.39, 0.29) is 19.6 Å². The molecule has 0 spiro atoms. The molecule has 0 aliphatic rings.